The van der Waals surface area contributed by atoms with Crippen LogP contribution < -0.4 is 15.4 Å². The number of pyridine rings is 1. The number of nitrogens with one attached hydrogen (secondary N) is 2. The van der Waals surface area contributed by atoms with Gasteiger partial charge in [-0.15, -0.1) is 0 Å². The molecule has 2 amide bonds. The number of amides is 2. The number of anilines is 2. The van der Waals surface area contributed by atoms with Gasteiger partial charge < -0.3 is 20.5 Å². The Bertz CT molecular complexity index is 1180. The topological polar surface area (TPSA) is 118 Å². The number of carbonyl (C=O) groups is 3. The van der Waals surface area contributed by atoms with E-state index in [1.54, 1.807) is 13.0 Å². The fourth-order valence-electron chi connectivity index (χ4n) is 2.68. The molecular weight excluding hydrogens is 441 g/mol. The zero-order valence-corrected chi connectivity index (χ0v) is 17.4. The summed E-state index contributed by atoms with van der Waals surface area (Å²) in [7, 11) is 0. The molecular formula is C22H17ClFN3O5. The number of aliphatic carboxylic acids is 1. The molecule has 3 aromatic rings. The van der Waals surface area contributed by atoms with Crippen molar-refractivity contribution in [1.82, 2.24) is 4.98 Å². The Balaban J connectivity index is 1.91. The molecule has 164 valence electrons. The van der Waals surface area contributed by atoms with Crippen LogP contribution in [-0.2, 0) is 4.79 Å². The maximum atomic E-state index is 14.2. The van der Waals surface area contributed by atoms with Crippen LogP contribution in [0.15, 0.2) is 54.7 Å². The Morgan fingerprint density at radius 2 is 1.78 bits per heavy atom. The highest BCUT2D eigenvalue weighted by Gasteiger charge is 2.19. The lowest BCUT2D eigenvalue weighted by molar-refractivity contribution is -0.139. The molecule has 0 saturated heterocycles. The maximum absolute atomic E-state index is 14.2. The average Bonchev–Trinajstić information content (AvgIpc) is 2.74. The van der Waals surface area contributed by atoms with Gasteiger partial charge in [0.1, 0.15) is 17.4 Å². The van der Waals surface area contributed by atoms with Crippen molar-refractivity contribution in [2.75, 3.05) is 17.2 Å². The molecule has 8 nitrogen and oxygen atoms in total. The monoisotopic (exact) mass is 457 g/mol. The number of benzene rings is 2. The number of aryl methyl sites for hydroxylation is 1. The predicted molar refractivity (Wildman–Crippen MR) is 116 cm³/mol. The second kappa shape index (κ2) is 9.88. The number of halogens is 2. The van der Waals surface area contributed by atoms with Crippen molar-refractivity contribution in [3.63, 3.8) is 0 Å². The molecule has 0 aliphatic carbocycles. The van der Waals surface area contributed by atoms with Gasteiger partial charge in [0, 0.05) is 6.20 Å². The van der Waals surface area contributed by atoms with E-state index in [1.165, 1.54) is 48.7 Å². The molecule has 1 aromatic heterocycles. The number of rotatable bonds is 7. The molecule has 0 spiro atoms. The third kappa shape index (κ3) is 5.79. The zero-order chi connectivity index (χ0) is 23.3. The molecule has 3 N–H and O–H groups in total. The van der Waals surface area contributed by atoms with Gasteiger partial charge in [-0.25, -0.2) is 14.2 Å². The SMILES string of the molecule is Cc1ccc(C(=O)Nc2ccc(OCC(=O)O)cc2C(=O)Nc2ccc(Cl)cn2)c(F)c1. The number of hydrogen-bond acceptors (Lipinski definition) is 5. The number of carboxylic acids is 1. The largest absolute Gasteiger partial charge is 0.482 e. The van der Waals surface area contributed by atoms with E-state index in [4.69, 9.17) is 21.4 Å². The first kappa shape index (κ1) is 22.7. The highest BCUT2D eigenvalue weighted by atomic mass is 35.5. The predicted octanol–water partition coefficient (Wildman–Crippen LogP) is 4.15. The molecule has 0 aliphatic rings. The lowest BCUT2D eigenvalue weighted by Crippen LogP contribution is -2.20. The number of carbonyl (C=O) groups excluding carboxylic acids is 2. The van der Waals surface area contributed by atoms with Gasteiger partial charge in [0.15, 0.2) is 6.61 Å². The van der Waals surface area contributed by atoms with Gasteiger partial charge in [0.25, 0.3) is 11.8 Å². The molecule has 0 aliphatic heterocycles. The van der Waals surface area contributed by atoms with Gasteiger partial charge in [0.2, 0.25) is 0 Å². The van der Waals surface area contributed by atoms with Crippen molar-refractivity contribution in [3.8, 4) is 5.75 Å². The van der Waals surface area contributed by atoms with Crippen LogP contribution in [0.4, 0.5) is 15.9 Å². The number of carboxylic acid groups (broad SMARTS) is 1. The molecule has 3 rings (SSSR count). The van der Waals surface area contributed by atoms with Gasteiger partial charge >= 0.3 is 5.97 Å². The summed E-state index contributed by atoms with van der Waals surface area (Å²) in [5, 5.41) is 14.2. The summed E-state index contributed by atoms with van der Waals surface area (Å²) in [6, 6.07) is 11.1. The minimum Gasteiger partial charge on any atom is -0.482 e. The van der Waals surface area contributed by atoms with Gasteiger partial charge in [-0.3, -0.25) is 9.59 Å². The Kier molecular flexibility index (Phi) is 7.01. The number of nitrogens with zero attached hydrogens (tertiary/aromatic N) is 1. The van der Waals surface area contributed by atoms with Crippen molar-refractivity contribution in [3.05, 3.63) is 82.3 Å². The third-order valence-corrected chi connectivity index (χ3v) is 4.41. The van der Waals surface area contributed by atoms with Crippen molar-refractivity contribution in [2.45, 2.75) is 6.92 Å². The van der Waals surface area contributed by atoms with Crippen LogP contribution in [0.2, 0.25) is 5.02 Å². The summed E-state index contributed by atoms with van der Waals surface area (Å²) < 4.78 is 19.3. The molecule has 32 heavy (non-hydrogen) atoms. The summed E-state index contributed by atoms with van der Waals surface area (Å²) in [6.07, 6.45) is 1.34. The van der Waals surface area contributed by atoms with Crippen LogP contribution >= 0.6 is 11.6 Å². The summed E-state index contributed by atoms with van der Waals surface area (Å²) in [6.45, 7) is 1.06. The fourth-order valence-corrected chi connectivity index (χ4v) is 2.79. The zero-order valence-electron chi connectivity index (χ0n) is 16.7. The van der Waals surface area contributed by atoms with Crippen molar-refractivity contribution in [1.29, 1.82) is 0 Å². The molecule has 0 radical (unpaired) electrons. The summed E-state index contributed by atoms with van der Waals surface area (Å²) in [4.78, 5) is 40.2. The molecule has 0 fully saturated rings. The van der Waals surface area contributed by atoms with E-state index in [0.717, 1.165) is 0 Å². The van der Waals surface area contributed by atoms with Gasteiger partial charge in [-0.2, -0.15) is 0 Å². The van der Waals surface area contributed by atoms with Crippen LogP contribution in [0.1, 0.15) is 26.3 Å². The van der Waals surface area contributed by atoms with Crippen molar-refractivity contribution < 1.29 is 28.6 Å². The quantitative estimate of drug-likeness (QED) is 0.490. The first-order valence-corrected chi connectivity index (χ1v) is 9.60. The molecule has 10 heteroatoms. The number of ether oxygens (including phenoxy) is 1. The Morgan fingerprint density at radius 3 is 2.44 bits per heavy atom. The van der Waals surface area contributed by atoms with Gasteiger partial charge in [0.05, 0.1) is 21.8 Å². The highest BCUT2D eigenvalue weighted by Crippen LogP contribution is 2.25. The van der Waals surface area contributed by atoms with E-state index in [2.05, 4.69) is 15.6 Å². The van der Waals surface area contributed by atoms with E-state index < -0.39 is 30.2 Å². The van der Waals surface area contributed by atoms with E-state index in [9.17, 15) is 18.8 Å². The first-order valence-electron chi connectivity index (χ1n) is 9.22. The molecule has 0 saturated carbocycles. The number of hydrogen-bond donors (Lipinski definition) is 3. The van der Waals surface area contributed by atoms with Gasteiger partial charge in [-0.1, -0.05) is 17.7 Å². The van der Waals surface area contributed by atoms with Crippen LogP contribution in [0, 0.1) is 12.7 Å². The van der Waals surface area contributed by atoms with Crippen LogP contribution in [0.3, 0.4) is 0 Å². The fraction of sp³-hybridized carbons (Fsp3) is 0.0909. The van der Waals surface area contributed by atoms with E-state index in [1.807, 2.05) is 0 Å². The second-order valence-corrected chi connectivity index (χ2v) is 7.08. The second-order valence-electron chi connectivity index (χ2n) is 6.64. The minimum absolute atomic E-state index is 0.0505. The lowest BCUT2D eigenvalue weighted by Gasteiger charge is -2.14. The third-order valence-electron chi connectivity index (χ3n) is 4.18. The Labute approximate surface area is 187 Å². The van der Waals surface area contributed by atoms with E-state index in [-0.39, 0.29) is 28.4 Å². The maximum Gasteiger partial charge on any atom is 0.341 e. The number of aromatic nitrogens is 1. The van der Waals surface area contributed by atoms with Crippen LogP contribution in [-0.4, -0.2) is 34.5 Å². The van der Waals surface area contributed by atoms with Gasteiger partial charge in [-0.05, 0) is 55.0 Å². The standard InChI is InChI=1S/C22H17ClFN3O5/c1-12-2-5-15(17(24)8-12)21(30)26-18-6-4-14(32-11-20(28)29)9-16(18)22(31)27-19-7-3-13(23)10-25-19/h2-10H,11H2,1H3,(H,26,30)(H,28,29)(H,25,27,31). The minimum atomic E-state index is -1.20. The Morgan fingerprint density at radius 1 is 1.03 bits per heavy atom. The molecule has 2 aromatic carbocycles. The van der Waals surface area contributed by atoms with Crippen molar-refractivity contribution in [2.24, 2.45) is 0 Å². The first-order chi connectivity index (χ1) is 15.2. The van der Waals surface area contributed by atoms with E-state index in [0.29, 0.717) is 10.6 Å². The smallest absolute Gasteiger partial charge is 0.341 e. The molecule has 0 unspecified atom stereocenters. The Hall–Kier alpha value is -3.98. The molecule has 0 bridgehead atoms. The average molecular weight is 458 g/mol. The van der Waals surface area contributed by atoms with Crippen molar-refractivity contribution >= 4 is 40.9 Å². The summed E-state index contributed by atoms with van der Waals surface area (Å²) in [5.74, 6) is -3.06. The molecule has 0 atom stereocenters. The van der Waals surface area contributed by atoms with Crippen LogP contribution in [0.25, 0.3) is 0 Å². The lowest BCUT2D eigenvalue weighted by atomic mass is 10.1. The summed E-state index contributed by atoms with van der Waals surface area (Å²) >= 11 is 5.79. The summed E-state index contributed by atoms with van der Waals surface area (Å²) in [5.41, 5.74) is 0.455. The van der Waals surface area contributed by atoms with E-state index >= 15 is 0 Å². The highest BCUT2D eigenvalue weighted by molar-refractivity contribution is 6.30. The van der Waals surface area contributed by atoms with Crippen LogP contribution in [0.5, 0.6) is 5.75 Å². The molecule has 1 heterocycles. The normalized spacial score (nSPS) is 10.3.